The van der Waals surface area contributed by atoms with Crippen LogP contribution in [0.15, 0.2) is 70.2 Å². The molecule has 1 heterocycles. The number of nitrogens with two attached hydrogens (primary N) is 1. The maximum atomic E-state index is 13.2. The Bertz CT molecular complexity index is 1250. The monoisotopic (exact) mass is 503 g/mol. The molecule has 0 aliphatic carbocycles. The molecule has 1 aromatic heterocycles. The lowest BCUT2D eigenvalue weighted by Gasteiger charge is -2.18. The lowest BCUT2D eigenvalue weighted by Crippen LogP contribution is -2.31. The van der Waals surface area contributed by atoms with E-state index in [1.807, 2.05) is 6.07 Å². The molecule has 1 atom stereocenters. The van der Waals surface area contributed by atoms with E-state index in [9.17, 15) is 13.2 Å². The highest BCUT2D eigenvalue weighted by Crippen LogP contribution is 2.24. The number of amides is 1. The van der Waals surface area contributed by atoms with Gasteiger partial charge in [0.1, 0.15) is 5.01 Å². The first-order chi connectivity index (χ1) is 16.3. The Balaban J connectivity index is 1.85. The standard InChI is InChI=1S/C22H25N5O5S2/c1-32-10-8-24-21(28)17-6-3-7-18(14-17)34(30,31)27-19(22-25-9-11-33-22)13-15-4-2-5-16(12-15)20(23)26-29/h2-7,9,11-12,14,19,27,29H,8,10,13H2,1H3,(H2,23,26)(H,24,28). The molecule has 0 spiro atoms. The molecule has 180 valence electrons. The van der Waals surface area contributed by atoms with Crippen LogP contribution in [-0.4, -0.2) is 50.6 Å². The molecule has 0 fully saturated rings. The number of nitrogens with zero attached hydrogens (tertiary/aromatic N) is 2. The van der Waals surface area contributed by atoms with Crippen molar-refractivity contribution < 1.29 is 23.2 Å². The Morgan fingerprint density at radius 3 is 2.71 bits per heavy atom. The van der Waals surface area contributed by atoms with Crippen molar-refractivity contribution in [1.82, 2.24) is 15.0 Å². The predicted octanol–water partition coefficient (Wildman–Crippen LogP) is 1.88. The lowest BCUT2D eigenvalue weighted by atomic mass is 10.0. The van der Waals surface area contributed by atoms with Gasteiger partial charge >= 0.3 is 0 Å². The zero-order valence-electron chi connectivity index (χ0n) is 18.3. The number of thiazole rings is 1. The number of hydrogen-bond donors (Lipinski definition) is 4. The molecule has 0 saturated carbocycles. The molecule has 0 radical (unpaired) electrons. The minimum atomic E-state index is -3.99. The van der Waals surface area contributed by atoms with Crippen molar-refractivity contribution in [3.63, 3.8) is 0 Å². The van der Waals surface area contributed by atoms with Crippen LogP contribution in [0.25, 0.3) is 0 Å². The van der Waals surface area contributed by atoms with Gasteiger partial charge in [-0.15, -0.1) is 11.3 Å². The summed E-state index contributed by atoms with van der Waals surface area (Å²) in [5, 5.41) is 16.9. The number of oxime groups is 1. The number of ether oxygens (including phenoxy) is 1. The summed E-state index contributed by atoms with van der Waals surface area (Å²) in [4.78, 5) is 16.6. The van der Waals surface area contributed by atoms with E-state index in [1.54, 1.807) is 29.8 Å². The predicted molar refractivity (Wildman–Crippen MR) is 128 cm³/mol. The van der Waals surface area contributed by atoms with Crippen LogP contribution in [0.4, 0.5) is 0 Å². The second-order valence-corrected chi connectivity index (χ2v) is 9.85. The van der Waals surface area contributed by atoms with E-state index in [0.717, 1.165) is 5.56 Å². The van der Waals surface area contributed by atoms with Gasteiger partial charge in [0.15, 0.2) is 5.84 Å². The number of methoxy groups -OCH3 is 1. The Morgan fingerprint density at radius 2 is 2.00 bits per heavy atom. The van der Waals surface area contributed by atoms with Crippen LogP contribution >= 0.6 is 11.3 Å². The summed E-state index contributed by atoms with van der Waals surface area (Å²) < 4.78 is 34.1. The zero-order valence-corrected chi connectivity index (χ0v) is 20.0. The number of hydrogen-bond acceptors (Lipinski definition) is 8. The highest BCUT2D eigenvalue weighted by atomic mass is 32.2. The molecule has 2 aromatic carbocycles. The van der Waals surface area contributed by atoms with Gasteiger partial charge in [0, 0.05) is 36.4 Å². The van der Waals surface area contributed by atoms with Crippen LogP contribution in [0.1, 0.15) is 32.5 Å². The second-order valence-electron chi connectivity index (χ2n) is 7.21. The van der Waals surface area contributed by atoms with Crippen LogP contribution in [0.5, 0.6) is 0 Å². The maximum Gasteiger partial charge on any atom is 0.251 e. The van der Waals surface area contributed by atoms with Crippen LogP contribution in [0, 0.1) is 0 Å². The zero-order chi connectivity index (χ0) is 24.6. The van der Waals surface area contributed by atoms with E-state index in [0.29, 0.717) is 23.7 Å². The Morgan fingerprint density at radius 1 is 1.24 bits per heavy atom. The van der Waals surface area contributed by atoms with Crippen molar-refractivity contribution in [2.24, 2.45) is 10.9 Å². The number of aromatic nitrogens is 1. The van der Waals surface area contributed by atoms with Gasteiger partial charge in [-0.3, -0.25) is 4.79 Å². The third kappa shape index (κ3) is 6.60. The molecule has 0 aliphatic heterocycles. The number of rotatable bonds is 11. The van der Waals surface area contributed by atoms with Crippen LogP contribution in [0.3, 0.4) is 0 Å². The highest BCUT2D eigenvalue weighted by molar-refractivity contribution is 7.89. The third-order valence-electron chi connectivity index (χ3n) is 4.82. The SMILES string of the molecule is COCCNC(=O)c1cccc(S(=O)(=O)NC(Cc2cccc(/C(N)=N\O)c2)c2nccs2)c1. The van der Waals surface area contributed by atoms with E-state index in [2.05, 4.69) is 20.2 Å². The first kappa shape index (κ1) is 25.3. The molecule has 3 rings (SSSR count). The molecule has 1 amide bonds. The van der Waals surface area contributed by atoms with E-state index >= 15 is 0 Å². The van der Waals surface area contributed by atoms with E-state index in [1.165, 1.54) is 42.7 Å². The van der Waals surface area contributed by atoms with Gasteiger partial charge in [0.2, 0.25) is 10.0 Å². The molecular weight excluding hydrogens is 478 g/mol. The van der Waals surface area contributed by atoms with E-state index in [4.69, 9.17) is 15.7 Å². The largest absolute Gasteiger partial charge is 0.409 e. The van der Waals surface area contributed by atoms with Crippen LogP contribution in [-0.2, 0) is 21.2 Å². The summed E-state index contributed by atoms with van der Waals surface area (Å²) in [5.41, 5.74) is 7.17. The fourth-order valence-electron chi connectivity index (χ4n) is 3.17. The van der Waals surface area contributed by atoms with Crippen molar-refractivity contribution in [2.45, 2.75) is 17.4 Å². The lowest BCUT2D eigenvalue weighted by molar-refractivity contribution is 0.0937. The average Bonchev–Trinajstić information content (AvgIpc) is 3.38. The van der Waals surface area contributed by atoms with Gasteiger partial charge in [-0.05, 0) is 36.2 Å². The summed E-state index contributed by atoms with van der Waals surface area (Å²) in [6, 6.07) is 12.1. The molecule has 0 bridgehead atoms. The molecule has 0 aliphatic rings. The number of carbonyl (C=O) groups excluding carboxylic acids is 1. The Labute approximate surface area is 201 Å². The van der Waals surface area contributed by atoms with Gasteiger partial charge in [-0.1, -0.05) is 29.4 Å². The fourth-order valence-corrected chi connectivity index (χ4v) is 5.17. The van der Waals surface area contributed by atoms with Gasteiger partial charge in [-0.25, -0.2) is 18.1 Å². The summed E-state index contributed by atoms with van der Waals surface area (Å²) >= 11 is 1.32. The van der Waals surface area contributed by atoms with Gasteiger partial charge < -0.3 is 21.0 Å². The van der Waals surface area contributed by atoms with Gasteiger partial charge in [-0.2, -0.15) is 0 Å². The second kappa shape index (κ2) is 11.7. The normalized spacial score (nSPS) is 12.9. The number of amidine groups is 1. The number of benzene rings is 2. The quantitative estimate of drug-likeness (QED) is 0.102. The summed E-state index contributed by atoms with van der Waals surface area (Å²) in [5.74, 6) is -0.445. The molecule has 3 aromatic rings. The molecule has 1 unspecified atom stereocenters. The van der Waals surface area contributed by atoms with Crippen LogP contribution in [0.2, 0.25) is 0 Å². The number of carbonyl (C=O) groups is 1. The smallest absolute Gasteiger partial charge is 0.251 e. The summed E-state index contributed by atoms with van der Waals surface area (Å²) in [6.07, 6.45) is 1.87. The summed E-state index contributed by atoms with van der Waals surface area (Å²) in [7, 11) is -2.47. The van der Waals surface area contributed by atoms with E-state index < -0.39 is 22.0 Å². The first-order valence-electron chi connectivity index (χ1n) is 10.2. The van der Waals surface area contributed by atoms with Crippen molar-refractivity contribution in [3.8, 4) is 0 Å². The summed E-state index contributed by atoms with van der Waals surface area (Å²) in [6.45, 7) is 0.652. The Hall–Kier alpha value is -3.32. The van der Waals surface area contributed by atoms with E-state index in [-0.39, 0.29) is 22.7 Å². The minimum absolute atomic E-state index is 0.0427. The van der Waals surface area contributed by atoms with Gasteiger partial charge in [0.05, 0.1) is 17.5 Å². The molecule has 34 heavy (non-hydrogen) atoms. The third-order valence-corrected chi connectivity index (χ3v) is 7.17. The van der Waals surface area contributed by atoms with Gasteiger partial charge in [0.25, 0.3) is 5.91 Å². The molecule has 12 heteroatoms. The van der Waals surface area contributed by atoms with Crippen molar-refractivity contribution in [3.05, 3.63) is 81.8 Å². The average molecular weight is 504 g/mol. The fraction of sp³-hybridized carbons (Fsp3) is 0.227. The molecule has 0 saturated heterocycles. The molecule has 5 N–H and O–H groups in total. The number of sulfonamides is 1. The first-order valence-corrected chi connectivity index (χ1v) is 12.6. The molecular formula is C22H25N5O5S2. The highest BCUT2D eigenvalue weighted by Gasteiger charge is 2.24. The van der Waals surface area contributed by atoms with Crippen molar-refractivity contribution in [2.75, 3.05) is 20.3 Å². The maximum absolute atomic E-state index is 13.2. The number of nitrogens with one attached hydrogen (secondary N) is 2. The van der Waals surface area contributed by atoms with Crippen LogP contribution < -0.4 is 15.8 Å². The minimum Gasteiger partial charge on any atom is -0.409 e. The molecule has 10 nitrogen and oxygen atoms in total. The van der Waals surface area contributed by atoms with Crippen molar-refractivity contribution in [1.29, 1.82) is 0 Å². The topological polar surface area (TPSA) is 156 Å². The Kier molecular flexibility index (Phi) is 8.71. The van der Waals surface area contributed by atoms with Crippen molar-refractivity contribution >= 4 is 33.1 Å².